The zero-order valence-corrected chi connectivity index (χ0v) is 9.93. The highest BCUT2D eigenvalue weighted by Gasteiger charge is 2.11. The van der Waals surface area contributed by atoms with E-state index in [0.717, 1.165) is 6.42 Å². The quantitative estimate of drug-likeness (QED) is 0.695. The molecule has 0 spiro atoms. The number of hydrogen-bond donors (Lipinski definition) is 1. The highest BCUT2D eigenvalue weighted by atomic mass is 16.3. The topological polar surface area (TPSA) is 20.2 Å². The van der Waals surface area contributed by atoms with Gasteiger partial charge in [-0.15, -0.1) is 0 Å². The van der Waals surface area contributed by atoms with Gasteiger partial charge in [-0.1, -0.05) is 40.5 Å². The van der Waals surface area contributed by atoms with Crippen molar-refractivity contribution in [1.29, 1.82) is 0 Å². The first kappa shape index (κ1) is 13.0. The van der Waals surface area contributed by atoms with Crippen LogP contribution in [0.5, 0.6) is 0 Å². The molecule has 2 atom stereocenters. The zero-order chi connectivity index (χ0) is 10.5. The first-order chi connectivity index (χ1) is 5.81. The zero-order valence-electron chi connectivity index (χ0n) is 9.93. The molecule has 0 saturated carbocycles. The largest absolute Gasteiger partial charge is 0.393 e. The molecule has 0 bridgehead atoms. The van der Waals surface area contributed by atoms with Crippen LogP contribution in [-0.2, 0) is 0 Å². The van der Waals surface area contributed by atoms with Crippen LogP contribution in [0.15, 0.2) is 0 Å². The number of rotatable bonds is 5. The summed E-state index contributed by atoms with van der Waals surface area (Å²) in [6, 6.07) is 0. The molecule has 0 aromatic heterocycles. The van der Waals surface area contributed by atoms with Gasteiger partial charge in [-0.2, -0.15) is 0 Å². The minimum Gasteiger partial charge on any atom is -0.393 e. The summed E-state index contributed by atoms with van der Waals surface area (Å²) in [7, 11) is 0. The van der Waals surface area contributed by atoms with Crippen LogP contribution in [0.3, 0.4) is 0 Å². The van der Waals surface area contributed by atoms with Crippen LogP contribution in [0.2, 0.25) is 0 Å². The van der Waals surface area contributed by atoms with Crippen molar-refractivity contribution in [2.24, 2.45) is 11.3 Å². The monoisotopic (exact) mass is 186 g/mol. The van der Waals surface area contributed by atoms with E-state index in [1.165, 1.54) is 19.3 Å². The third-order valence-electron chi connectivity index (χ3n) is 2.37. The van der Waals surface area contributed by atoms with Gasteiger partial charge in [-0.3, -0.25) is 0 Å². The molecule has 80 valence electrons. The summed E-state index contributed by atoms with van der Waals surface area (Å²) in [4.78, 5) is 0. The van der Waals surface area contributed by atoms with Crippen LogP contribution in [0.4, 0.5) is 0 Å². The Labute approximate surface area is 83.5 Å². The molecule has 0 aromatic carbocycles. The van der Waals surface area contributed by atoms with Crippen LogP contribution in [0, 0.1) is 11.3 Å². The lowest BCUT2D eigenvalue weighted by Crippen LogP contribution is -2.09. The summed E-state index contributed by atoms with van der Waals surface area (Å²) in [5.41, 5.74) is 0.463. The second kappa shape index (κ2) is 5.64. The summed E-state index contributed by atoms with van der Waals surface area (Å²) >= 11 is 0. The lowest BCUT2D eigenvalue weighted by atomic mass is 9.87. The van der Waals surface area contributed by atoms with Gasteiger partial charge in [0.05, 0.1) is 6.10 Å². The van der Waals surface area contributed by atoms with E-state index in [4.69, 9.17) is 0 Å². The van der Waals surface area contributed by atoms with Crippen LogP contribution in [0.25, 0.3) is 0 Å². The first-order valence-electron chi connectivity index (χ1n) is 5.49. The molecule has 0 fully saturated rings. The summed E-state index contributed by atoms with van der Waals surface area (Å²) in [6.07, 6.45) is 4.64. The van der Waals surface area contributed by atoms with E-state index >= 15 is 0 Å². The Kier molecular flexibility index (Phi) is 5.62. The van der Waals surface area contributed by atoms with E-state index in [0.29, 0.717) is 11.3 Å². The van der Waals surface area contributed by atoms with Gasteiger partial charge in [0.2, 0.25) is 0 Å². The van der Waals surface area contributed by atoms with E-state index in [9.17, 15) is 5.11 Å². The molecule has 0 rings (SSSR count). The minimum atomic E-state index is -0.135. The smallest absolute Gasteiger partial charge is 0.0514 e. The highest BCUT2D eigenvalue weighted by molar-refractivity contribution is 4.64. The Morgan fingerprint density at radius 3 is 2.08 bits per heavy atom. The third kappa shape index (κ3) is 9.88. The van der Waals surface area contributed by atoms with Crippen molar-refractivity contribution in [2.75, 3.05) is 0 Å². The minimum absolute atomic E-state index is 0.135. The number of aliphatic hydroxyl groups excluding tert-OH is 1. The standard InChI is InChI=1S/C12H26O/c1-10(9-11(2)13)7-6-8-12(3,4)5/h10-11,13H,6-9H2,1-5H3/t10-,11?/m1/s1. The maximum Gasteiger partial charge on any atom is 0.0514 e. The van der Waals surface area contributed by atoms with E-state index in [-0.39, 0.29) is 6.10 Å². The second-order valence-corrected chi connectivity index (χ2v) is 5.64. The van der Waals surface area contributed by atoms with E-state index in [2.05, 4.69) is 27.7 Å². The summed E-state index contributed by atoms with van der Waals surface area (Å²) in [6.45, 7) is 11.0. The molecule has 0 aliphatic carbocycles. The molecule has 1 nitrogen and oxygen atoms in total. The van der Waals surface area contributed by atoms with Gasteiger partial charge in [0.1, 0.15) is 0 Å². The molecule has 0 aromatic rings. The molecule has 0 heterocycles. The molecule has 1 unspecified atom stereocenters. The molecule has 0 aliphatic heterocycles. The third-order valence-corrected chi connectivity index (χ3v) is 2.37. The van der Waals surface area contributed by atoms with E-state index < -0.39 is 0 Å². The number of hydrogen-bond acceptors (Lipinski definition) is 1. The molecule has 1 N–H and O–H groups in total. The van der Waals surface area contributed by atoms with Gasteiger partial charge >= 0.3 is 0 Å². The highest BCUT2D eigenvalue weighted by Crippen LogP contribution is 2.24. The Bertz CT molecular complexity index is 122. The van der Waals surface area contributed by atoms with Crippen molar-refractivity contribution < 1.29 is 5.11 Å². The van der Waals surface area contributed by atoms with Crippen molar-refractivity contribution in [3.05, 3.63) is 0 Å². The van der Waals surface area contributed by atoms with Gasteiger partial charge in [-0.25, -0.2) is 0 Å². The first-order valence-corrected chi connectivity index (χ1v) is 5.49. The fourth-order valence-corrected chi connectivity index (χ4v) is 1.68. The molecule has 13 heavy (non-hydrogen) atoms. The molecule has 0 aliphatic rings. The Morgan fingerprint density at radius 1 is 1.15 bits per heavy atom. The fraction of sp³-hybridized carbons (Fsp3) is 1.00. The molecule has 1 heteroatoms. The molecular formula is C12H26O. The molecular weight excluding hydrogens is 160 g/mol. The van der Waals surface area contributed by atoms with Crippen LogP contribution < -0.4 is 0 Å². The molecule has 0 saturated heterocycles. The van der Waals surface area contributed by atoms with Gasteiger partial charge in [0.25, 0.3) is 0 Å². The fourth-order valence-electron chi connectivity index (χ4n) is 1.68. The summed E-state index contributed by atoms with van der Waals surface area (Å²) in [5.74, 6) is 0.669. The van der Waals surface area contributed by atoms with Crippen molar-refractivity contribution in [2.45, 2.75) is 66.4 Å². The van der Waals surface area contributed by atoms with Gasteiger partial charge in [0, 0.05) is 0 Å². The predicted molar refractivity (Wildman–Crippen MR) is 58.8 cm³/mol. The summed E-state index contributed by atoms with van der Waals surface area (Å²) in [5, 5.41) is 9.18. The van der Waals surface area contributed by atoms with Gasteiger partial charge < -0.3 is 5.11 Å². The van der Waals surface area contributed by atoms with E-state index in [1.807, 2.05) is 6.92 Å². The Balaban J connectivity index is 3.42. The number of aliphatic hydroxyl groups is 1. The average Bonchev–Trinajstić information content (AvgIpc) is 1.81. The van der Waals surface area contributed by atoms with E-state index in [1.54, 1.807) is 0 Å². The van der Waals surface area contributed by atoms with Gasteiger partial charge in [0.15, 0.2) is 0 Å². The Hall–Kier alpha value is -0.0400. The average molecular weight is 186 g/mol. The second-order valence-electron chi connectivity index (χ2n) is 5.64. The van der Waals surface area contributed by atoms with Gasteiger partial charge in [-0.05, 0) is 31.1 Å². The molecule has 0 radical (unpaired) electrons. The lowest BCUT2D eigenvalue weighted by molar-refractivity contribution is 0.160. The molecule has 0 amide bonds. The summed E-state index contributed by atoms with van der Waals surface area (Å²) < 4.78 is 0. The Morgan fingerprint density at radius 2 is 1.69 bits per heavy atom. The van der Waals surface area contributed by atoms with Crippen molar-refractivity contribution in [3.8, 4) is 0 Å². The maximum absolute atomic E-state index is 9.18. The normalized spacial score (nSPS) is 17.1. The lowest BCUT2D eigenvalue weighted by Gasteiger charge is -2.19. The maximum atomic E-state index is 9.18. The van der Waals surface area contributed by atoms with Crippen molar-refractivity contribution >= 4 is 0 Å². The SMILES string of the molecule is CC(O)C[C@H](C)CCCC(C)(C)C. The predicted octanol–water partition coefficient (Wildman–Crippen LogP) is 3.61. The van der Waals surface area contributed by atoms with Crippen LogP contribution in [0.1, 0.15) is 60.3 Å². The van der Waals surface area contributed by atoms with Crippen LogP contribution in [-0.4, -0.2) is 11.2 Å². The van der Waals surface area contributed by atoms with Crippen molar-refractivity contribution in [3.63, 3.8) is 0 Å². The van der Waals surface area contributed by atoms with Crippen LogP contribution >= 0.6 is 0 Å². The van der Waals surface area contributed by atoms with Crippen molar-refractivity contribution in [1.82, 2.24) is 0 Å².